The zero-order valence-electron chi connectivity index (χ0n) is 13.6. The van der Waals surface area contributed by atoms with Crippen molar-refractivity contribution in [2.24, 2.45) is 11.8 Å². The molecular weight excluding hydrogens is 282 g/mol. The second-order valence-corrected chi connectivity index (χ2v) is 8.09. The van der Waals surface area contributed by atoms with Crippen LogP contribution in [0.2, 0.25) is 0 Å². The molecule has 4 aliphatic heterocycles. The fraction of sp³-hybridized carbons (Fsp3) is 0.600. The number of hydrogen-bond donors (Lipinski definition) is 2. The second-order valence-electron chi connectivity index (χ2n) is 8.09. The molecule has 2 bridgehead atoms. The van der Waals surface area contributed by atoms with E-state index in [1.54, 1.807) is 11.3 Å². The van der Waals surface area contributed by atoms with E-state index in [9.17, 15) is 0 Å². The lowest BCUT2D eigenvalue weighted by Crippen LogP contribution is -2.67. The number of rotatable bonds is 0. The fourth-order valence-electron chi connectivity index (χ4n) is 6.48. The number of benzene rings is 1. The summed E-state index contributed by atoms with van der Waals surface area (Å²) in [6, 6.07) is 11.1. The van der Waals surface area contributed by atoms with E-state index < -0.39 is 0 Å². The highest BCUT2D eigenvalue weighted by molar-refractivity contribution is 5.85. The maximum Gasteiger partial charge on any atom is 0.0547 e. The number of aromatic amines is 1. The highest BCUT2D eigenvalue weighted by Gasteiger charge is 2.55. The Bertz CT molecular complexity index is 763. The van der Waals surface area contributed by atoms with Crippen molar-refractivity contribution in [3.63, 3.8) is 0 Å². The van der Waals surface area contributed by atoms with E-state index in [1.807, 2.05) is 0 Å². The number of H-pyrrole nitrogens is 1. The van der Waals surface area contributed by atoms with Gasteiger partial charge in [-0.25, -0.2) is 0 Å². The molecule has 3 heteroatoms. The van der Waals surface area contributed by atoms with Gasteiger partial charge < -0.3 is 10.3 Å². The van der Waals surface area contributed by atoms with Crippen molar-refractivity contribution in [3.05, 3.63) is 35.5 Å². The molecule has 0 spiro atoms. The van der Waals surface area contributed by atoms with Gasteiger partial charge in [0.2, 0.25) is 0 Å². The van der Waals surface area contributed by atoms with Gasteiger partial charge >= 0.3 is 0 Å². The van der Waals surface area contributed by atoms with E-state index >= 15 is 0 Å². The predicted octanol–water partition coefficient (Wildman–Crippen LogP) is 3.23. The van der Waals surface area contributed by atoms with E-state index in [-0.39, 0.29) is 0 Å². The molecule has 3 saturated heterocycles. The van der Waals surface area contributed by atoms with Crippen LogP contribution in [0.3, 0.4) is 0 Å². The molecule has 23 heavy (non-hydrogen) atoms. The largest absolute Gasteiger partial charge is 0.357 e. The Morgan fingerprint density at radius 1 is 1.04 bits per heavy atom. The minimum atomic E-state index is 0.636. The average molecular weight is 307 g/mol. The summed E-state index contributed by atoms with van der Waals surface area (Å²) in [6.07, 6.45) is 6.89. The molecule has 1 aliphatic carbocycles. The van der Waals surface area contributed by atoms with Gasteiger partial charge in [-0.3, -0.25) is 4.90 Å². The minimum absolute atomic E-state index is 0.636. The molecule has 2 N–H and O–H groups in total. The maximum atomic E-state index is 3.91. The van der Waals surface area contributed by atoms with Crippen molar-refractivity contribution < 1.29 is 0 Å². The summed E-state index contributed by atoms with van der Waals surface area (Å²) in [6.45, 7) is 2.50. The molecule has 4 fully saturated rings. The van der Waals surface area contributed by atoms with Crippen LogP contribution in [0.1, 0.15) is 43.0 Å². The molecule has 0 amide bonds. The van der Waals surface area contributed by atoms with Crippen LogP contribution in [-0.2, 0) is 6.42 Å². The fourth-order valence-corrected chi connectivity index (χ4v) is 6.48. The standard InChI is InChI=1S/C20H25N3/c1-2-6-16-12(4-1)13-9-11-23-17-8-7-15(20(23)19(13)22-16)18-14(17)5-3-10-21-18/h1-2,4,6,14-15,17-18,20-22H,3,5,7-11H2/t14-,15?,17?,18-,20+/m0/s1. The lowest BCUT2D eigenvalue weighted by Gasteiger charge is -2.61. The van der Waals surface area contributed by atoms with Crippen molar-refractivity contribution in [2.45, 2.75) is 50.2 Å². The summed E-state index contributed by atoms with van der Waals surface area (Å²) in [5, 5.41) is 5.38. The normalized spacial score (nSPS) is 39.0. The third-order valence-corrected chi connectivity index (χ3v) is 7.26. The zero-order valence-corrected chi connectivity index (χ0v) is 13.6. The first kappa shape index (κ1) is 13.0. The summed E-state index contributed by atoms with van der Waals surface area (Å²) in [7, 11) is 0. The highest BCUT2D eigenvalue weighted by Crippen LogP contribution is 2.54. The highest BCUT2D eigenvalue weighted by atomic mass is 15.3. The van der Waals surface area contributed by atoms with Gasteiger partial charge in [-0.15, -0.1) is 0 Å². The van der Waals surface area contributed by atoms with Crippen LogP contribution in [0.15, 0.2) is 24.3 Å². The summed E-state index contributed by atoms with van der Waals surface area (Å²) >= 11 is 0. The van der Waals surface area contributed by atoms with E-state index in [4.69, 9.17) is 0 Å². The van der Waals surface area contributed by atoms with Gasteiger partial charge in [-0.2, -0.15) is 0 Å². The van der Waals surface area contributed by atoms with Gasteiger partial charge in [0.15, 0.2) is 0 Å². The second kappa shape index (κ2) is 4.61. The Morgan fingerprint density at radius 2 is 2.00 bits per heavy atom. The van der Waals surface area contributed by atoms with Gasteiger partial charge in [0.1, 0.15) is 0 Å². The number of nitrogens with one attached hydrogen (secondary N) is 2. The first-order valence-corrected chi connectivity index (χ1v) is 9.50. The van der Waals surface area contributed by atoms with Crippen molar-refractivity contribution >= 4 is 10.9 Å². The molecule has 5 aliphatic rings. The van der Waals surface area contributed by atoms with E-state index in [2.05, 4.69) is 39.5 Å². The van der Waals surface area contributed by atoms with Crippen LogP contribution < -0.4 is 5.32 Å². The predicted molar refractivity (Wildman–Crippen MR) is 92.5 cm³/mol. The average Bonchev–Trinajstić information content (AvgIpc) is 3.01. The molecule has 2 unspecified atom stereocenters. The monoisotopic (exact) mass is 307 g/mol. The van der Waals surface area contributed by atoms with Gasteiger partial charge in [0.05, 0.1) is 6.04 Å². The third kappa shape index (κ3) is 1.62. The zero-order chi connectivity index (χ0) is 15.0. The summed E-state index contributed by atoms with van der Waals surface area (Å²) < 4.78 is 0. The number of aromatic nitrogens is 1. The Labute approximate surface area is 137 Å². The van der Waals surface area contributed by atoms with Gasteiger partial charge in [0, 0.05) is 35.2 Å². The molecule has 0 radical (unpaired) electrons. The molecular formula is C20H25N3. The van der Waals surface area contributed by atoms with Crippen LogP contribution in [0.4, 0.5) is 0 Å². The number of nitrogens with zero attached hydrogens (tertiary/aromatic N) is 1. The number of piperidine rings is 3. The lowest BCUT2D eigenvalue weighted by atomic mass is 9.61. The van der Waals surface area contributed by atoms with Gasteiger partial charge in [-0.1, -0.05) is 18.2 Å². The van der Waals surface area contributed by atoms with Crippen molar-refractivity contribution in [1.29, 1.82) is 0 Å². The third-order valence-electron chi connectivity index (χ3n) is 7.26. The minimum Gasteiger partial charge on any atom is -0.357 e. The molecule has 7 rings (SSSR count). The smallest absolute Gasteiger partial charge is 0.0547 e. The van der Waals surface area contributed by atoms with Crippen molar-refractivity contribution in [1.82, 2.24) is 15.2 Å². The van der Waals surface area contributed by atoms with Crippen LogP contribution in [0.5, 0.6) is 0 Å². The molecule has 3 nitrogen and oxygen atoms in total. The van der Waals surface area contributed by atoms with Gasteiger partial charge in [-0.05, 0) is 62.1 Å². The van der Waals surface area contributed by atoms with E-state index in [0.29, 0.717) is 6.04 Å². The Kier molecular flexibility index (Phi) is 2.61. The lowest BCUT2D eigenvalue weighted by molar-refractivity contribution is -0.0920. The SMILES string of the molecule is c1ccc2c3c([nH]c2c1)[C@H]1C2CCC([C@@H]4CCCN[C@H]24)N1CC3. The molecule has 5 atom stereocenters. The van der Waals surface area contributed by atoms with Crippen LogP contribution in [0.25, 0.3) is 10.9 Å². The summed E-state index contributed by atoms with van der Waals surface area (Å²) in [5.74, 6) is 1.71. The number of para-hydroxylation sites is 1. The maximum absolute atomic E-state index is 3.91. The molecule has 5 heterocycles. The van der Waals surface area contributed by atoms with Crippen molar-refractivity contribution in [2.75, 3.05) is 13.1 Å². The first-order valence-electron chi connectivity index (χ1n) is 9.50. The Morgan fingerprint density at radius 3 is 3.00 bits per heavy atom. The Balaban J connectivity index is 1.50. The van der Waals surface area contributed by atoms with Crippen LogP contribution in [-0.4, -0.2) is 35.1 Å². The quantitative estimate of drug-likeness (QED) is 0.783. The van der Waals surface area contributed by atoms with Crippen molar-refractivity contribution in [3.8, 4) is 0 Å². The molecule has 2 aromatic rings. The van der Waals surface area contributed by atoms with E-state index in [1.165, 1.54) is 56.1 Å². The molecule has 1 aromatic carbocycles. The van der Waals surface area contributed by atoms with Crippen LogP contribution in [0, 0.1) is 11.8 Å². The number of hydrogen-bond acceptors (Lipinski definition) is 2. The Hall–Kier alpha value is -1.32. The summed E-state index contributed by atoms with van der Waals surface area (Å²) in [5.41, 5.74) is 4.51. The van der Waals surface area contributed by atoms with E-state index in [0.717, 1.165) is 23.9 Å². The molecule has 1 saturated carbocycles. The van der Waals surface area contributed by atoms with Crippen LogP contribution >= 0.6 is 0 Å². The molecule has 1 aromatic heterocycles. The topological polar surface area (TPSA) is 31.1 Å². The van der Waals surface area contributed by atoms with Gasteiger partial charge in [0.25, 0.3) is 0 Å². The molecule has 120 valence electrons. The first-order chi connectivity index (χ1) is 11.4. The summed E-state index contributed by atoms with van der Waals surface area (Å²) in [4.78, 5) is 6.72. The number of fused-ring (bicyclic) bond motifs is 4.